The molecule has 1 aliphatic heterocycles. The Hall–Kier alpha value is -3.48. The SMILES string of the molecule is O=C(O)C(O)=CC(=O)c1ccc(Cc2ccccc2C2OC=CO2)o1. The molecule has 0 saturated carbocycles. The lowest BCUT2D eigenvalue weighted by molar-refractivity contribution is -0.135. The van der Waals surface area contributed by atoms with Crippen LogP contribution < -0.4 is 0 Å². The third kappa shape index (κ3) is 3.72. The Morgan fingerprint density at radius 3 is 2.48 bits per heavy atom. The van der Waals surface area contributed by atoms with Crippen molar-refractivity contribution in [2.75, 3.05) is 0 Å². The maximum Gasteiger partial charge on any atom is 0.371 e. The summed E-state index contributed by atoms with van der Waals surface area (Å²) < 4.78 is 16.1. The van der Waals surface area contributed by atoms with Gasteiger partial charge in [0.1, 0.15) is 18.3 Å². The molecule has 7 heteroatoms. The van der Waals surface area contributed by atoms with Crippen LogP contribution in [-0.4, -0.2) is 22.0 Å². The van der Waals surface area contributed by atoms with Crippen LogP contribution in [-0.2, 0) is 20.7 Å². The van der Waals surface area contributed by atoms with Gasteiger partial charge in [-0.3, -0.25) is 4.79 Å². The second-order valence-corrected chi connectivity index (χ2v) is 5.22. The summed E-state index contributed by atoms with van der Waals surface area (Å²) >= 11 is 0. The number of allylic oxidation sites excluding steroid dienone is 1. The number of ketones is 1. The first-order chi connectivity index (χ1) is 12.0. The van der Waals surface area contributed by atoms with E-state index < -0.39 is 23.8 Å². The Labute approximate surface area is 142 Å². The van der Waals surface area contributed by atoms with Crippen LogP contribution in [0.15, 0.2) is 65.2 Å². The Bertz CT molecular complexity index is 852. The first-order valence-corrected chi connectivity index (χ1v) is 7.35. The van der Waals surface area contributed by atoms with E-state index in [1.54, 1.807) is 6.07 Å². The number of aliphatic carboxylic acids is 1. The average molecular weight is 342 g/mol. The van der Waals surface area contributed by atoms with Gasteiger partial charge in [-0.05, 0) is 17.7 Å². The van der Waals surface area contributed by atoms with E-state index in [9.17, 15) is 9.59 Å². The van der Waals surface area contributed by atoms with Gasteiger partial charge < -0.3 is 24.1 Å². The van der Waals surface area contributed by atoms with E-state index in [1.807, 2.05) is 24.3 Å². The van der Waals surface area contributed by atoms with Gasteiger partial charge in [-0.1, -0.05) is 24.3 Å². The van der Waals surface area contributed by atoms with Gasteiger partial charge in [0.2, 0.25) is 11.5 Å². The summed E-state index contributed by atoms with van der Waals surface area (Å²) in [5.41, 5.74) is 1.73. The minimum absolute atomic E-state index is 0.0599. The number of aliphatic hydroxyl groups excluding tert-OH is 1. The summed E-state index contributed by atoms with van der Waals surface area (Å²) in [6, 6.07) is 10.5. The zero-order chi connectivity index (χ0) is 17.8. The number of aliphatic hydroxyl groups is 1. The van der Waals surface area contributed by atoms with Gasteiger partial charge >= 0.3 is 5.97 Å². The van der Waals surface area contributed by atoms with Gasteiger partial charge in [0.05, 0.1) is 0 Å². The second-order valence-electron chi connectivity index (χ2n) is 5.22. The Morgan fingerprint density at radius 1 is 1.04 bits per heavy atom. The molecular weight excluding hydrogens is 328 g/mol. The fourth-order valence-corrected chi connectivity index (χ4v) is 2.36. The first kappa shape index (κ1) is 16.4. The summed E-state index contributed by atoms with van der Waals surface area (Å²) in [6.07, 6.45) is 3.40. The lowest BCUT2D eigenvalue weighted by atomic mass is 10.0. The maximum atomic E-state index is 11.9. The standard InChI is InChI=1S/C18H14O7/c19-14(10-15(20)17(21)22)16-6-5-12(25-16)9-11-3-1-2-4-13(11)18-23-7-8-24-18/h1-8,10,18,20H,9H2,(H,21,22). The smallest absolute Gasteiger partial charge is 0.371 e. The fraction of sp³-hybridized carbons (Fsp3) is 0.111. The molecule has 0 bridgehead atoms. The highest BCUT2D eigenvalue weighted by atomic mass is 16.7. The van der Waals surface area contributed by atoms with E-state index in [4.69, 9.17) is 24.1 Å². The largest absolute Gasteiger partial charge is 0.502 e. The second kappa shape index (κ2) is 6.96. The number of rotatable bonds is 6. The van der Waals surface area contributed by atoms with E-state index >= 15 is 0 Å². The number of benzene rings is 1. The molecule has 2 N–H and O–H groups in total. The van der Waals surface area contributed by atoms with Crippen molar-refractivity contribution >= 4 is 11.8 Å². The molecule has 128 valence electrons. The molecule has 0 atom stereocenters. The van der Waals surface area contributed by atoms with Gasteiger partial charge in [-0.15, -0.1) is 0 Å². The van der Waals surface area contributed by atoms with Crippen molar-refractivity contribution in [1.29, 1.82) is 0 Å². The molecule has 3 rings (SSSR count). The van der Waals surface area contributed by atoms with Crippen molar-refractivity contribution in [3.05, 3.63) is 83.4 Å². The summed E-state index contributed by atoms with van der Waals surface area (Å²) in [4.78, 5) is 22.4. The van der Waals surface area contributed by atoms with Crippen LogP contribution in [0, 0.1) is 0 Å². The molecule has 0 spiro atoms. The highest BCUT2D eigenvalue weighted by Gasteiger charge is 2.20. The van der Waals surface area contributed by atoms with Crippen molar-refractivity contribution < 1.29 is 33.7 Å². The van der Waals surface area contributed by atoms with Crippen LogP contribution >= 0.6 is 0 Å². The molecule has 0 saturated heterocycles. The Balaban J connectivity index is 1.77. The lowest BCUT2D eigenvalue weighted by Gasteiger charge is -2.14. The van der Waals surface area contributed by atoms with Crippen molar-refractivity contribution in [2.24, 2.45) is 0 Å². The number of hydrogen-bond donors (Lipinski definition) is 2. The monoisotopic (exact) mass is 342 g/mol. The zero-order valence-corrected chi connectivity index (χ0v) is 12.9. The summed E-state index contributed by atoms with van der Waals surface area (Å²) in [7, 11) is 0. The van der Waals surface area contributed by atoms with Gasteiger partial charge in [-0.2, -0.15) is 0 Å². The number of carbonyl (C=O) groups is 2. The van der Waals surface area contributed by atoms with E-state index in [0.29, 0.717) is 18.3 Å². The minimum Gasteiger partial charge on any atom is -0.502 e. The molecule has 0 radical (unpaired) electrons. The predicted octanol–water partition coefficient (Wildman–Crippen LogP) is 3.10. The topological polar surface area (TPSA) is 106 Å². The van der Waals surface area contributed by atoms with Crippen LogP contribution in [0.4, 0.5) is 0 Å². The molecule has 1 aromatic heterocycles. The number of carboxylic acids is 1. The molecule has 0 amide bonds. The van der Waals surface area contributed by atoms with Gasteiger partial charge in [0.15, 0.2) is 5.76 Å². The van der Waals surface area contributed by atoms with E-state index in [2.05, 4.69) is 0 Å². The molecule has 2 heterocycles. The first-order valence-electron chi connectivity index (χ1n) is 7.35. The van der Waals surface area contributed by atoms with Crippen molar-refractivity contribution in [3.63, 3.8) is 0 Å². The number of furan rings is 1. The summed E-state index contributed by atoms with van der Waals surface area (Å²) in [5.74, 6) is -2.91. The highest BCUT2D eigenvalue weighted by molar-refractivity contribution is 6.06. The average Bonchev–Trinajstić information content (AvgIpc) is 3.27. The van der Waals surface area contributed by atoms with Crippen molar-refractivity contribution in [2.45, 2.75) is 12.7 Å². The fourth-order valence-electron chi connectivity index (χ4n) is 2.36. The minimum atomic E-state index is -1.58. The van der Waals surface area contributed by atoms with Crippen LogP contribution in [0.25, 0.3) is 0 Å². The van der Waals surface area contributed by atoms with Gasteiger partial charge in [-0.25, -0.2) is 4.79 Å². The molecule has 25 heavy (non-hydrogen) atoms. The third-order valence-electron chi connectivity index (χ3n) is 3.53. The number of hydrogen-bond acceptors (Lipinski definition) is 6. The van der Waals surface area contributed by atoms with Crippen LogP contribution in [0.5, 0.6) is 0 Å². The molecular formula is C18H14O7. The van der Waals surface area contributed by atoms with Crippen molar-refractivity contribution in [1.82, 2.24) is 0 Å². The zero-order valence-electron chi connectivity index (χ0n) is 12.9. The third-order valence-corrected chi connectivity index (χ3v) is 3.53. The van der Waals surface area contributed by atoms with Gasteiger partial charge in [0.25, 0.3) is 6.29 Å². The number of ether oxygens (including phenoxy) is 2. The summed E-state index contributed by atoms with van der Waals surface area (Å²) in [5, 5.41) is 17.7. The van der Waals surface area contributed by atoms with Crippen molar-refractivity contribution in [3.8, 4) is 0 Å². The van der Waals surface area contributed by atoms with E-state index in [-0.39, 0.29) is 5.76 Å². The number of carbonyl (C=O) groups excluding carboxylic acids is 1. The molecule has 0 unspecified atom stereocenters. The van der Waals surface area contributed by atoms with E-state index in [0.717, 1.165) is 11.1 Å². The highest BCUT2D eigenvalue weighted by Crippen LogP contribution is 2.28. The van der Waals surface area contributed by atoms with Crippen LogP contribution in [0.3, 0.4) is 0 Å². The maximum absolute atomic E-state index is 11.9. The summed E-state index contributed by atoms with van der Waals surface area (Å²) in [6.45, 7) is 0. The quantitative estimate of drug-likeness (QED) is 0.472. The molecule has 1 aromatic carbocycles. The molecule has 1 aliphatic rings. The molecule has 7 nitrogen and oxygen atoms in total. The predicted molar refractivity (Wildman–Crippen MR) is 84.7 cm³/mol. The Morgan fingerprint density at radius 2 is 1.76 bits per heavy atom. The number of carboxylic acid groups (broad SMARTS) is 1. The van der Waals surface area contributed by atoms with Crippen LogP contribution in [0.1, 0.15) is 33.7 Å². The Kier molecular flexibility index (Phi) is 4.56. The van der Waals surface area contributed by atoms with Gasteiger partial charge in [0, 0.05) is 18.1 Å². The molecule has 0 aliphatic carbocycles. The van der Waals surface area contributed by atoms with E-state index in [1.165, 1.54) is 18.6 Å². The lowest BCUT2D eigenvalue weighted by Crippen LogP contribution is -2.03. The molecule has 2 aromatic rings. The normalized spacial score (nSPS) is 14.2. The van der Waals surface area contributed by atoms with Crippen LogP contribution in [0.2, 0.25) is 0 Å². The molecule has 0 fully saturated rings.